The van der Waals surface area contributed by atoms with Crippen molar-refractivity contribution >= 4 is 5.91 Å². The van der Waals surface area contributed by atoms with E-state index in [1.165, 1.54) is 0 Å². The first-order valence-corrected chi connectivity index (χ1v) is 6.38. The lowest BCUT2D eigenvalue weighted by Crippen LogP contribution is -2.42. The minimum absolute atomic E-state index is 0.165. The quantitative estimate of drug-likeness (QED) is 0.671. The van der Waals surface area contributed by atoms with E-state index in [0.29, 0.717) is 25.8 Å². The summed E-state index contributed by atoms with van der Waals surface area (Å²) in [7, 11) is 0. The van der Waals surface area contributed by atoms with Gasteiger partial charge in [0.15, 0.2) is 0 Å². The number of nitrogens with two attached hydrogens (primary N) is 1. The largest absolute Gasteiger partial charge is 0.393 e. The van der Waals surface area contributed by atoms with E-state index in [2.05, 4.69) is 5.32 Å². The summed E-state index contributed by atoms with van der Waals surface area (Å²) < 4.78 is 0. The first-order valence-electron chi connectivity index (χ1n) is 6.38. The summed E-state index contributed by atoms with van der Waals surface area (Å²) in [4.78, 5) is 11.7. The molecule has 0 radical (unpaired) electrons. The number of aliphatic hydroxyl groups excluding tert-OH is 1. The van der Waals surface area contributed by atoms with Crippen LogP contribution in [0.25, 0.3) is 0 Å². The summed E-state index contributed by atoms with van der Waals surface area (Å²) in [5.74, 6) is -0.165. The Balaban J connectivity index is 2.29. The van der Waals surface area contributed by atoms with Gasteiger partial charge in [-0.3, -0.25) is 4.79 Å². The van der Waals surface area contributed by atoms with Crippen LogP contribution in [-0.4, -0.2) is 29.7 Å². The molecule has 0 aliphatic rings. The Labute approximate surface area is 108 Å². The summed E-state index contributed by atoms with van der Waals surface area (Å²) in [6.45, 7) is 2.38. The molecule has 4 N–H and O–H groups in total. The van der Waals surface area contributed by atoms with Crippen molar-refractivity contribution < 1.29 is 9.90 Å². The normalized spacial score (nSPS) is 13.9. The number of carbonyl (C=O) groups excluding carboxylic acids is 1. The van der Waals surface area contributed by atoms with Gasteiger partial charge in [0.05, 0.1) is 12.1 Å². The Morgan fingerprint density at radius 3 is 2.67 bits per heavy atom. The van der Waals surface area contributed by atoms with Gasteiger partial charge in [-0.2, -0.15) is 0 Å². The molecule has 1 aromatic carbocycles. The Kier molecular flexibility index (Phi) is 6.39. The SMILES string of the molecule is CCC(O)CCNC(=O)[C@@H](N)Cc1ccccc1. The van der Waals surface area contributed by atoms with Crippen LogP contribution in [0.5, 0.6) is 0 Å². The molecule has 0 aromatic heterocycles. The fraction of sp³-hybridized carbons (Fsp3) is 0.500. The lowest BCUT2D eigenvalue weighted by atomic mass is 10.1. The van der Waals surface area contributed by atoms with Gasteiger partial charge in [0.2, 0.25) is 5.91 Å². The maximum Gasteiger partial charge on any atom is 0.237 e. The van der Waals surface area contributed by atoms with Gasteiger partial charge < -0.3 is 16.2 Å². The highest BCUT2D eigenvalue weighted by Gasteiger charge is 2.13. The van der Waals surface area contributed by atoms with Crippen molar-refractivity contribution in [3.05, 3.63) is 35.9 Å². The van der Waals surface area contributed by atoms with Crippen molar-refractivity contribution in [1.82, 2.24) is 5.32 Å². The highest BCUT2D eigenvalue weighted by atomic mass is 16.3. The second-order valence-corrected chi connectivity index (χ2v) is 4.44. The third kappa shape index (κ3) is 5.29. The number of carbonyl (C=O) groups is 1. The molecular weight excluding hydrogens is 228 g/mol. The molecule has 100 valence electrons. The summed E-state index contributed by atoms with van der Waals surface area (Å²) >= 11 is 0. The van der Waals surface area contributed by atoms with Crippen molar-refractivity contribution in [2.45, 2.75) is 38.3 Å². The zero-order valence-electron chi connectivity index (χ0n) is 10.8. The molecule has 0 aliphatic carbocycles. The molecule has 0 saturated carbocycles. The molecule has 0 spiro atoms. The van der Waals surface area contributed by atoms with Gasteiger partial charge in [0.1, 0.15) is 0 Å². The molecule has 0 fully saturated rings. The van der Waals surface area contributed by atoms with Gasteiger partial charge in [-0.1, -0.05) is 37.3 Å². The van der Waals surface area contributed by atoms with Crippen LogP contribution in [0.3, 0.4) is 0 Å². The molecule has 1 amide bonds. The number of nitrogens with one attached hydrogen (secondary N) is 1. The van der Waals surface area contributed by atoms with Crippen molar-refractivity contribution in [3.63, 3.8) is 0 Å². The Morgan fingerprint density at radius 2 is 2.06 bits per heavy atom. The van der Waals surface area contributed by atoms with E-state index in [4.69, 9.17) is 5.73 Å². The molecule has 4 nitrogen and oxygen atoms in total. The first kappa shape index (κ1) is 14.7. The molecular formula is C14H22N2O2. The van der Waals surface area contributed by atoms with Gasteiger partial charge in [0.25, 0.3) is 0 Å². The number of amides is 1. The van der Waals surface area contributed by atoms with Crippen LogP contribution < -0.4 is 11.1 Å². The van der Waals surface area contributed by atoms with Gasteiger partial charge in [-0.05, 0) is 24.8 Å². The number of rotatable bonds is 7. The lowest BCUT2D eigenvalue weighted by Gasteiger charge is -2.13. The zero-order chi connectivity index (χ0) is 13.4. The minimum atomic E-state index is -0.536. The van der Waals surface area contributed by atoms with Crippen LogP contribution in [0.4, 0.5) is 0 Å². The van der Waals surface area contributed by atoms with E-state index in [9.17, 15) is 9.90 Å². The summed E-state index contributed by atoms with van der Waals surface area (Å²) in [6, 6.07) is 9.16. The molecule has 1 unspecified atom stereocenters. The van der Waals surface area contributed by atoms with Crippen molar-refractivity contribution in [1.29, 1.82) is 0 Å². The highest BCUT2D eigenvalue weighted by molar-refractivity contribution is 5.81. The maximum atomic E-state index is 11.7. The molecule has 0 bridgehead atoms. The molecule has 18 heavy (non-hydrogen) atoms. The van der Waals surface area contributed by atoms with Gasteiger partial charge >= 0.3 is 0 Å². The molecule has 2 atom stereocenters. The summed E-state index contributed by atoms with van der Waals surface area (Å²) in [6.07, 6.45) is 1.45. The van der Waals surface area contributed by atoms with Crippen molar-refractivity contribution in [2.24, 2.45) is 5.73 Å². The van der Waals surface area contributed by atoms with Crippen LogP contribution in [-0.2, 0) is 11.2 Å². The van der Waals surface area contributed by atoms with Crippen LogP contribution in [0.1, 0.15) is 25.3 Å². The second kappa shape index (κ2) is 7.84. The van der Waals surface area contributed by atoms with Crippen molar-refractivity contribution in [2.75, 3.05) is 6.54 Å². The Hall–Kier alpha value is -1.39. The van der Waals surface area contributed by atoms with Crippen LogP contribution in [0.15, 0.2) is 30.3 Å². The summed E-state index contributed by atoms with van der Waals surface area (Å²) in [5, 5.41) is 12.1. The Morgan fingerprint density at radius 1 is 1.39 bits per heavy atom. The molecule has 0 aliphatic heterocycles. The maximum absolute atomic E-state index is 11.7. The zero-order valence-corrected chi connectivity index (χ0v) is 10.8. The second-order valence-electron chi connectivity index (χ2n) is 4.44. The predicted molar refractivity (Wildman–Crippen MR) is 72.0 cm³/mol. The van der Waals surface area contributed by atoms with E-state index in [1.807, 2.05) is 37.3 Å². The van der Waals surface area contributed by atoms with Gasteiger partial charge in [0, 0.05) is 6.54 Å². The fourth-order valence-corrected chi connectivity index (χ4v) is 1.66. The van der Waals surface area contributed by atoms with E-state index in [1.54, 1.807) is 0 Å². The Bertz CT molecular complexity index is 354. The van der Waals surface area contributed by atoms with Crippen LogP contribution >= 0.6 is 0 Å². The fourth-order valence-electron chi connectivity index (χ4n) is 1.66. The van der Waals surface area contributed by atoms with E-state index in [-0.39, 0.29) is 12.0 Å². The number of aliphatic hydroxyl groups is 1. The molecule has 4 heteroatoms. The van der Waals surface area contributed by atoms with Crippen molar-refractivity contribution in [3.8, 4) is 0 Å². The van der Waals surface area contributed by atoms with E-state index >= 15 is 0 Å². The monoisotopic (exact) mass is 250 g/mol. The molecule has 0 heterocycles. The average molecular weight is 250 g/mol. The average Bonchev–Trinajstić information content (AvgIpc) is 2.39. The lowest BCUT2D eigenvalue weighted by molar-refractivity contribution is -0.122. The van der Waals surface area contributed by atoms with E-state index < -0.39 is 6.04 Å². The standard InChI is InChI=1S/C14H22N2O2/c1-2-12(17)8-9-16-14(18)13(15)10-11-6-4-3-5-7-11/h3-7,12-13,17H,2,8-10,15H2,1H3,(H,16,18)/t12?,13-/m0/s1. The van der Waals surface area contributed by atoms with Crippen LogP contribution in [0.2, 0.25) is 0 Å². The first-order chi connectivity index (χ1) is 8.63. The number of hydrogen-bond acceptors (Lipinski definition) is 3. The predicted octanol–water partition coefficient (Wildman–Crippen LogP) is 0.834. The molecule has 1 rings (SSSR count). The molecule has 0 saturated heterocycles. The third-order valence-corrected chi connectivity index (χ3v) is 2.88. The van der Waals surface area contributed by atoms with Gasteiger partial charge in [-0.25, -0.2) is 0 Å². The number of hydrogen-bond donors (Lipinski definition) is 3. The molecule has 1 aromatic rings. The topological polar surface area (TPSA) is 75.3 Å². The van der Waals surface area contributed by atoms with Gasteiger partial charge in [-0.15, -0.1) is 0 Å². The number of benzene rings is 1. The smallest absolute Gasteiger partial charge is 0.237 e. The minimum Gasteiger partial charge on any atom is -0.393 e. The van der Waals surface area contributed by atoms with Crippen LogP contribution in [0, 0.1) is 0 Å². The third-order valence-electron chi connectivity index (χ3n) is 2.88. The highest BCUT2D eigenvalue weighted by Crippen LogP contribution is 2.02. The van der Waals surface area contributed by atoms with E-state index in [0.717, 1.165) is 5.56 Å². The summed E-state index contributed by atoms with van der Waals surface area (Å²) in [5.41, 5.74) is 6.87.